The molecule has 79 heavy (non-hydrogen) atoms. The summed E-state index contributed by atoms with van der Waals surface area (Å²) >= 11 is 12.0. The number of nitro benzene ring substituents is 1. The van der Waals surface area contributed by atoms with Crippen molar-refractivity contribution in [3.05, 3.63) is 224 Å². The van der Waals surface area contributed by atoms with Crippen LogP contribution in [0.3, 0.4) is 0 Å². The molecule has 0 amide bonds. The van der Waals surface area contributed by atoms with Gasteiger partial charge in [0.2, 0.25) is 0 Å². The Labute approximate surface area is 478 Å². The van der Waals surface area contributed by atoms with E-state index in [-0.39, 0.29) is 69.2 Å². The Hall–Kier alpha value is -7.42. The van der Waals surface area contributed by atoms with Crippen molar-refractivity contribution in [1.29, 1.82) is 0 Å². The molecule has 0 saturated carbocycles. The average molecular weight is 1110 g/mol. The van der Waals surface area contributed by atoms with E-state index in [1.54, 1.807) is 18.2 Å². The number of halogens is 2. The van der Waals surface area contributed by atoms with Gasteiger partial charge in [-0.3, -0.25) is 19.9 Å². The minimum Gasteiger partial charge on any atom is -0.492 e. The lowest BCUT2D eigenvalue weighted by atomic mass is 10.1. The van der Waals surface area contributed by atoms with E-state index in [2.05, 4.69) is 68.3 Å². The molecule has 0 fully saturated rings. The first-order valence-corrected chi connectivity index (χ1v) is 24.4. The number of aromatic nitrogens is 2. The summed E-state index contributed by atoms with van der Waals surface area (Å²) in [6.07, 6.45) is -1.62. The number of fused-ring (bicyclic) bond motifs is 6. The average Bonchev–Trinajstić information content (AvgIpc) is 3.98. The maximum atomic E-state index is 11.3. The van der Waals surface area contributed by atoms with E-state index in [9.17, 15) is 20.3 Å². The lowest BCUT2D eigenvalue weighted by molar-refractivity contribution is -0.384. The molecule has 0 saturated heterocycles. The molecule has 0 bridgehead atoms. The standard InChI is InChI=1S/C29H26ClN3O4.C29H28ClN3O2.7CH4/c30-25-13-10-21(16-28(25)33(35)36)29(34)19-32(18-20-6-2-1-3-7-20)14-15-37-22-11-12-24-23-8-4-5-9-26(23)31-27(24)17-22;30-25-13-10-21(16-26(25)31)29(34)19-33(18-20-6-2-1-3-7-20)14-15-35-22-11-12-24-23-8-4-5-9-27(23)32-28(24)17-22;;;;;;;/h1-13,16-17,29,31,34H,14-15,18-19H2;1-13,16-17,29,32,34H,14-15,18-19,31H2;7*1H4/t2*29-;;;;;;;/m00......./s1. The highest BCUT2D eigenvalue weighted by atomic mass is 35.5. The van der Waals surface area contributed by atoms with E-state index in [4.69, 9.17) is 38.4 Å². The quantitative estimate of drug-likeness (QED) is 0.0301. The number of nitrogen functional groups attached to an aromatic ring is 1. The fraction of sp³-hybridized carbons (Fsp3) is 0.262. The predicted molar refractivity (Wildman–Crippen MR) is 337 cm³/mol. The molecule has 2 heterocycles. The molecule has 0 unspecified atom stereocenters. The highest BCUT2D eigenvalue weighted by Crippen LogP contribution is 2.32. The van der Waals surface area contributed by atoms with Gasteiger partial charge in [0.05, 0.1) is 38.9 Å². The number of benzene rings is 8. The predicted octanol–water partition coefficient (Wildman–Crippen LogP) is 17.1. The van der Waals surface area contributed by atoms with E-state index in [1.165, 1.54) is 33.9 Å². The van der Waals surface area contributed by atoms with Crippen LogP contribution in [0.25, 0.3) is 43.6 Å². The van der Waals surface area contributed by atoms with Crippen molar-refractivity contribution < 1.29 is 24.6 Å². The number of aliphatic hydroxyl groups excluding tert-OH is 2. The molecule has 6 N–H and O–H groups in total. The number of ether oxygens (including phenoxy) is 2. The number of para-hydroxylation sites is 2. The van der Waals surface area contributed by atoms with Crippen molar-refractivity contribution >= 4 is 78.2 Å². The topological polar surface area (TPSA) is 166 Å². The number of nitrogens with two attached hydrogens (primary N) is 1. The summed E-state index contributed by atoms with van der Waals surface area (Å²) in [7, 11) is 0. The largest absolute Gasteiger partial charge is 0.492 e. The molecule has 12 nitrogen and oxygen atoms in total. The van der Waals surface area contributed by atoms with Gasteiger partial charge in [0.1, 0.15) is 29.7 Å². The van der Waals surface area contributed by atoms with E-state index >= 15 is 0 Å². The molecule has 0 radical (unpaired) electrons. The maximum Gasteiger partial charge on any atom is 0.288 e. The second kappa shape index (κ2) is 31.8. The van der Waals surface area contributed by atoms with Crippen molar-refractivity contribution in [3.63, 3.8) is 0 Å². The number of nitrogens with one attached hydrogen (secondary N) is 2. The van der Waals surface area contributed by atoms with Crippen LogP contribution in [0.15, 0.2) is 182 Å². The van der Waals surface area contributed by atoms with Gasteiger partial charge in [-0.15, -0.1) is 0 Å². The van der Waals surface area contributed by atoms with Crippen molar-refractivity contribution in [3.8, 4) is 11.5 Å². The van der Waals surface area contributed by atoms with Crippen LogP contribution in [0.2, 0.25) is 10.0 Å². The minimum absolute atomic E-state index is 0. The summed E-state index contributed by atoms with van der Waals surface area (Å²) in [5.74, 6) is 1.57. The lowest BCUT2D eigenvalue weighted by Gasteiger charge is -2.25. The van der Waals surface area contributed by atoms with Crippen LogP contribution in [0.1, 0.15) is 86.4 Å². The summed E-state index contributed by atoms with van der Waals surface area (Å²) in [5.41, 5.74) is 13.9. The lowest BCUT2D eigenvalue weighted by Crippen LogP contribution is -2.32. The number of hydrogen-bond donors (Lipinski definition) is 5. The maximum absolute atomic E-state index is 11.3. The Morgan fingerprint density at radius 1 is 0.494 bits per heavy atom. The normalized spacial score (nSPS) is 11.3. The van der Waals surface area contributed by atoms with Gasteiger partial charge in [-0.25, -0.2) is 0 Å². The zero-order valence-electron chi connectivity index (χ0n) is 39.3. The Morgan fingerprint density at radius 2 is 0.886 bits per heavy atom. The van der Waals surface area contributed by atoms with Crippen LogP contribution in [-0.2, 0) is 13.1 Å². The SMILES string of the molecule is C.C.C.C.C.C.C.Nc1cc([C@@H](O)CN(CCOc2ccc3c(c2)[nH]c2ccccc23)Cc2ccccc2)ccc1Cl.O=[N+]([O-])c1cc([C@@H](O)CN(CCOc2ccc3c(c2)[nH]c2ccccc23)Cc2ccccc2)ccc1Cl. The third-order valence-corrected chi connectivity index (χ3v) is 13.3. The smallest absolute Gasteiger partial charge is 0.288 e. The van der Waals surface area contributed by atoms with Gasteiger partial charge in [-0.05, 0) is 76.9 Å². The molecular formula is C65H82Cl2N6O6. The first-order valence-electron chi connectivity index (χ1n) is 23.7. The molecule has 0 spiro atoms. The van der Waals surface area contributed by atoms with Gasteiger partial charge in [-0.1, -0.05) is 184 Å². The summed E-state index contributed by atoms with van der Waals surface area (Å²) in [5, 5.41) is 38.3. The van der Waals surface area contributed by atoms with Crippen molar-refractivity contribution in [1.82, 2.24) is 19.8 Å². The summed E-state index contributed by atoms with van der Waals surface area (Å²) in [6, 6.07) is 58.5. The van der Waals surface area contributed by atoms with Gasteiger partial charge in [0, 0.05) is 90.0 Å². The molecule has 10 aromatic rings. The molecule has 0 aliphatic rings. The Bertz CT molecular complexity index is 3430. The number of hydrogen-bond acceptors (Lipinski definition) is 9. The van der Waals surface area contributed by atoms with Gasteiger partial charge in [0.25, 0.3) is 5.69 Å². The van der Waals surface area contributed by atoms with E-state index in [1.807, 2.05) is 103 Å². The zero-order valence-corrected chi connectivity index (χ0v) is 40.8. The second-order valence-electron chi connectivity index (χ2n) is 17.7. The van der Waals surface area contributed by atoms with Crippen molar-refractivity contribution in [2.24, 2.45) is 0 Å². The van der Waals surface area contributed by atoms with Gasteiger partial charge in [-0.2, -0.15) is 0 Å². The van der Waals surface area contributed by atoms with E-state index in [0.717, 1.165) is 50.1 Å². The molecule has 2 atom stereocenters. The fourth-order valence-corrected chi connectivity index (χ4v) is 9.24. The molecular weight excluding hydrogens is 1030 g/mol. The first kappa shape index (κ1) is 67.7. The van der Waals surface area contributed by atoms with E-state index < -0.39 is 17.1 Å². The zero-order chi connectivity index (χ0) is 50.0. The van der Waals surface area contributed by atoms with Gasteiger partial charge >= 0.3 is 0 Å². The number of H-pyrrole nitrogens is 2. The third-order valence-electron chi connectivity index (χ3n) is 12.6. The Kier molecular flexibility index (Phi) is 27.3. The van der Waals surface area contributed by atoms with Crippen LogP contribution in [0.4, 0.5) is 11.4 Å². The molecule has 14 heteroatoms. The number of nitro groups is 1. The van der Waals surface area contributed by atoms with Crippen molar-refractivity contribution in [2.75, 3.05) is 45.1 Å². The van der Waals surface area contributed by atoms with Crippen molar-refractivity contribution in [2.45, 2.75) is 77.3 Å². The number of aromatic amines is 2. The van der Waals surface area contributed by atoms with Crippen LogP contribution < -0.4 is 15.2 Å². The first-order chi connectivity index (χ1) is 35.0. The second-order valence-corrected chi connectivity index (χ2v) is 18.5. The molecule has 8 aromatic carbocycles. The summed E-state index contributed by atoms with van der Waals surface area (Å²) < 4.78 is 12.2. The Balaban J connectivity index is 0.000000497. The molecule has 2 aromatic heterocycles. The van der Waals surface area contributed by atoms with Crippen LogP contribution in [-0.4, -0.2) is 74.3 Å². The highest BCUT2D eigenvalue weighted by Gasteiger charge is 2.20. The fourth-order valence-electron chi connectivity index (χ4n) is 8.93. The molecule has 0 aliphatic heterocycles. The number of rotatable bonds is 19. The third kappa shape index (κ3) is 17.3. The molecule has 0 aliphatic carbocycles. The van der Waals surface area contributed by atoms with Crippen LogP contribution >= 0.6 is 23.2 Å². The minimum atomic E-state index is -0.928. The van der Waals surface area contributed by atoms with E-state index in [0.29, 0.717) is 62.2 Å². The monoisotopic (exact) mass is 1110 g/mol. The molecule has 10 rings (SSSR count). The number of aliphatic hydroxyl groups is 2. The summed E-state index contributed by atoms with van der Waals surface area (Å²) in [6.45, 7) is 4.12. The Morgan fingerprint density at radius 3 is 1.32 bits per heavy atom. The summed E-state index contributed by atoms with van der Waals surface area (Å²) in [4.78, 5) is 21.9. The highest BCUT2D eigenvalue weighted by molar-refractivity contribution is 6.33. The van der Waals surface area contributed by atoms with Gasteiger partial charge < -0.3 is 35.4 Å². The van der Waals surface area contributed by atoms with Crippen LogP contribution in [0, 0.1) is 10.1 Å². The van der Waals surface area contributed by atoms with Gasteiger partial charge in [0.15, 0.2) is 0 Å². The number of nitrogens with zero attached hydrogens (tertiary/aromatic N) is 3. The van der Waals surface area contributed by atoms with Crippen LogP contribution in [0.5, 0.6) is 11.5 Å². The number of anilines is 1. The molecule has 422 valence electrons.